The number of carbonyl (C=O) groups excluding carboxylic acids is 1. The Labute approximate surface area is 165 Å². The molecule has 1 atom stereocenters. The van der Waals surface area contributed by atoms with Crippen LogP contribution in [-0.2, 0) is 0 Å². The molecular weight excluding hydrogens is 358 g/mol. The Morgan fingerprint density at radius 2 is 1.48 bits per heavy atom. The van der Waals surface area contributed by atoms with Crippen LogP contribution in [0.5, 0.6) is 23.0 Å². The van der Waals surface area contributed by atoms with Gasteiger partial charge in [-0.1, -0.05) is 17.7 Å². The zero-order valence-corrected chi connectivity index (χ0v) is 16.6. The fourth-order valence-electron chi connectivity index (χ4n) is 2.20. The summed E-state index contributed by atoms with van der Waals surface area (Å²) in [6.07, 6.45) is 0. The molecule has 1 radical (unpaired) electrons. The summed E-state index contributed by atoms with van der Waals surface area (Å²) in [5.41, 5.74) is 0.180. The van der Waals surface area contributed by atoms with E-state index in [1.165, 1.54) is 21.3 Å². The molecule has 0 aliphatic rings. The summed E-state index contributed by atoms with van der Waals surface area (Å²) in [7, 11) is 5.86. The van der Waals surface area contributed by atoms with Crippen molar-refractivity contribution in [2.75, 3.05) is 28.4 Å². The summed E-state index contributed by atoms with van der Waals surface area (Å²) in [6, 6.07) is 8.51. The van der Waals surface area contributed by atoms with Crippen LogP contribution >= 0.6 is 20.2 Å². The Balaban J connectivity index is 0.00000312. The van der Waals surface area contributed by atoms with Crippen LogP contribution in [0.25, 0.3) is 0 Å². The molecule has 2 rings (SSSR count). The van der Waals surface area contributed by atoms with E-state index < -0.39 is 0 Å². The van der Waals surface area contributed by atoms with Crippen LogP contribution in [0.15, 0.2) is 30.3 Å². The number of carbonyl (C=O) groups is 1. The van der Waals surface area contributed by atoms with Crippen LogP contribution in [0.4, 0.5) is 0 Å². The van der Waals surface area contributed by atoms with E-state index in [0.717, 1.165) is 0 Å². The van der Waals surface area contributed by atoms with Gasteiger partial charge in [0.2, 0.25) is 0 Å². The minimum Gasteiger partial charge on any atom is -0.496 e. The average Bonchev–Trinajstić information content (AvgIpc) is 2.61. The Morgan fingerprint density at radius 1 is 0.920 bits per heavy atom. The summed E-state index contributed by atoms with van der Waals surface area (Å²) < 4.78 is 21.2. The van der Waals surface area contributed by atoms with Crippen LogP contribution in [0, 0.1) is 0 Å². The number of benzene rings is 2. The van der Waals surface area contributed by atoms with Crippen LogP contribution in [0.1, 0.15) is 10.4 Å². The summed E-state index contributed by atoms with van der Waals surface area (Å²) in [6.45, 7) is 0. The van der Waals surface area contributed by atoms with E-state index in [9.17, 15) is 4.79 Å². The molecule has 0 heterocycles. The molecular formula is C17H18ClLiO5P. The first-order valence-corrected chi connectivity index (χ1v) is 8.37. The largest absolute Gasteiger partial charge is 0.496 e. The van der Waals surface area contributed by atoms with Crippen molar-refractivity contribution >= 4 is 49.9 Å². The van der Waals surface area contributed by atoms with Gasteiger partial charge in [-0.3, -0.25) is 4.79 Å². The van der Waals surface area contributed by atoms with Crippen LogP contribution < -0.4 is 24.3 Å². The zero-order valence-electron chi connectivity index (χ0n) is 14.8. The second-order valence-electron chi connectivity index (χ2n) is 4.68. The molecule has 129 valence electrons. The topological polar surface area (TPSA) is 54.0 Å². The number of halogens is 1. The van der Waals surface area contributed by atoms with Gasteiger partial charge >= 0.3 is 0 Å². The van der Waals surface area contributed by atoms with E-state index in [1.54, 1.807) is 37.4 Å². The molecule has 2 aromatic carbocycles. The third-order valence-corrected chi connectivity index (χ3v) is 4.91. The second-order valence-corrected chi connectivity index (χ2v) is 6.29. The van der Waals surface area contributed by atoms with E-state index in [4.69, 9.17) is 30.5 Å². The van der Waals surface area contributed by atoms with Crippen molar-refractivity contribution in [1.82, 2.24) is 0 Å². The van der Waals surface area contributed by atoms with Gasteiger partial charge < -0.3 is 18.9 Å². The zero-order chi connectivity index (χ0) is 17.7. The van der Waals surface area contributed by atoms with E-state index in [1.807, 2.05) is 0 Å². The van der Waals surface area contributed by atoms with Gasteiger partial charge in [-0.25, -0.2) is 0 Å². The molecule has 0 aliphatic heterocycles. The van der Waals surface area contributed by atoms with E-state index in [0.29, 0.717) is 38.9 Å². The summed E-state index contributed by atoms with van der Waals surface area (Å²) in [5, 5.41) is 0.992. The molecule has 0 aromatic heterocycles. The van der Waals surface area contributed by atoms with Crippen molar-refractivity contribution < 1.29 is 23.7 Å². The Morgan fingerprint density at radius 3 is 1.96 bits per heavy atom. The Bertz CT molecular complexity index is 729. The fourth-order valence-corrected chi connectivity index (χ4v) is 3.74. The predicted octanol–water partition coefficient (Wildman–Crippen LogP) is 3.14. The van der Waals surface area contributed by atoms with Crippen LogP contribution in [0.2, 0.25) is 5.02 Å². The molecule has 25 heavy (non-hydrogen) atoms. The Hall–Kier alpha value is -1.37. The molecule has 1 unspecified atom stereocenters. The predicted molar refractivity (Wildman–Crippen MR) is 102 cm³/mol. The van der Waals surface area contributed by atoms with Crippen molar-refractivity contribution in [3.05, 3.63) is 40.9 Å². The maximum Gasteiger partial charge on any atom is 0.191 e. The molecule has 0 saturated heterocycles. The minimum atomic E-state index is -0.248. The number of hydrogen-bond donors (Lipinski definition) is 0. The smallest absolute Gasteiger partial charge is 0.191 e. The van der Waals surface area contributed by atoms with Gasteiger partial charge in [0.15, 0.2) is 5.52 Å². The van der Waals surface area contributed by atoms with Gasteiger partial charge in [-0.15, -0.1) is 0 Å². The van der Waals surface area contributed by atoms with Crippen molar-refractivity contribution in [1.29, 1.82) is 0 Å². The molecule has 5 nitrogen and oxygen atoms in total. The standard InChI is InChI=1S/C17H18ClO5P.Li/c1-20-10-8-13(22-3)16(14(9-10)23-4)24-17(19)15-11(18)6-5-7-12(15)21-2;/h5-9,24H,1-4H3;. The minimum absolute atomic E-state index is 0. The molecule has 0 bridgehead atoms. The number of hydrogen-bond acceptors (Lipinski definition) is 5. The summed E-state index contributed by atoms with van der Waals surface area (Å²) in [4.78, 5) is 12.8. The maximum atomic E-state index is 12.8. The molecule has 2 aromatic rings. The number of methoxy groups -OCH3 is 4. The van der Waals surface area contributed by atoms with E-state index >= 15 is 0 Å². The van der Waals surface area contributed by atoms with Gasteiger partial charge in [0.1, 0.15) is 23.0 Å². The first kappa shape index (κ1) is 21.7. The Kier molecular flexibility index (Phi) is 8.62. The molecule has 0 aliphatic carbocycles. The van der Waals surface area contributed by atoms with Gasteiger partial charge in [0.05, 0.1) is 44.3 Å². The summed E-state index contributed by atoms with van der Waals surface area (Å²) in [5.74, 6) is 2.05. The van der Waals surface area contributed by atoms with E-state index in [2.05, 4.69) is 0 Å². The first-order chi connectivity index (χ1) is 11.5. The molecule has 0 amide bonds. The van der Waals surface area contributed by atoms with Gasteiger partial charge in [-0.05, 0) is 20.7 Å². The normalized spacial score (nSPS) is 10.3. The molecule has 0 spiro atoms. The van der Waals surface area contributed by atoms with Crippen LogP contribution in [0.3, 0.4) is 0 Å². The van der Waals surface area contributed by atoms with Crippen molar-refractivity contribution in [2.45, 2.75) is 0 Å². The number of rotatable bonds is 7. The van der Waals surface area contributed by atoms with E-state index in [-0.39, 0.29) is 33.0 Å². The summed E-state index contributed by atoms with van der Waals surface area (Å²) >= 11 is 6.19. The molecule has 8 heteroatoms. The molecule has 0 saturated carbocycles. The molecule has 0 fully saturated rings. The maximum absolute atomic E-state index is 12.8. The quantitative estimate of drug-likeness (QED) is 0.550. The third-order valence-electron chi connectivity index (χ3n) is 3.38. The average molecular weight is 376 g/mol. The SMILES string of the molecule is COc1cc(OC)c(PC(=O)c2c(Cl)cccc2OC)c(OC)c1.[Li]. The number of ether oxygens (including phenoxy) is 4. The fraction of sp³-hybridized carbons (Fsp3) is 0.235. The van der Waals surface area contributed by atoms with Crippen molar-refractivity contribution in [3.8, 4) is 23.0 Å². The van der Waals surface area contributed by atoms with Crippen molar-refractivity contribution in [3.63, 3.8) is 0 Å². The molecule has 0 N–H and O–H groups in total. The first-order valence-electron chi connectivity index (χ1n) is 6.99. The second kappa shape index (κ2) is 9.94. The van der Waals surface area contributed by atoms with Gasteiger partial charge in [0, 0.05) is 31.0 Å². The monoisotopic (exact) mass is 375 g/mol. The van der Waals surface area contributed by atoms with Gasteiger partial charge in [-0.2, -0.15) is 0 Å². The third kappa shape index (κ3) is 4.83. The van der Waals surface area contributed by atoms with Gasteiger partial charge in [0.25, 0.3) is 0 Å². The van der Waals surface area contributed by atoms with Crippen LogP contribution in [-0.4, -0.2) is 52.8 Å². The van der Waals surface area contributed by atoms with Crippen molar-refractivity contribution in [2.24, 2.45) is 0 Å².